The average molecular weight is 311 g/mol. The van der Waals surface area contributed by atoms with Gasteiger partial charge in [-0.05, 0) is 67.6 Å². The zero-order valence-electron chi connectivity index (χ0n) is 14.5. The van der Waals surface area contributed by atoms with Crippen molar-refractivity contribution in [2.24, 2.45) is 0 Å². The molecule has 1 unspecified atom stereocenters. The molecule has 0 saturated carbocycles. The average Bonchev–Trinajstić information content (AvgIpc) is 2.46. The lowest BCUT2D eigenvalue weighted by Crippen LogP contribution is -2.30. The molecule has 0 fully saturated rings. The second kappa shape index (κ2) is 7.32. The molecular formula is C20H25NO2. The van der Waals surface area contributed by atoms with Gasteiger partial charge in [-0.3, -0.25) is 4.79 Å². The molecule has 0 aliphatic heterocycles. The van der Waals surface area contributed by atoms with E-state index < -0.39 is 6.10 Å². The van der Waals surface area contributed by atoms with Gasteiger partial charge in [0.15, 0.2) is 6.10 Å². The Morgan fingerprint density at radius 2 is 1.52 bits per heavy atom. The van der Waals surface area contributed by atoms with E-state index in [1.54, 1.807) is 6.92 Å². The standard InChI is InChI=1S/C20H25NO2/c1-13(2)17-6-8-19(9-7-17)23-16(5)20(22)21-18-11-14(3)10-15(4)12-18/h6-13,16H,1-5H3,(H,21,22). The highest BCUT2D eigenvalue weighted by atomic mass is 16.5. The first-order chi connectivity index (χ1) is 10.8. The van der Waals surface area contributed by atoms with Crippen LogP contribution in [0.1, 0.15) is 43.4 Å². The predicted octanol–water partition coefficient (Wildman–Crippen LogP) is 4.83. The molecule has 0 spiro atoms. The molecule has 0 bridgehead atoms. The van der Waals surface area contributed by atoms with Crippen LogP contribution in [-0.4, -0.2) is 12.0 Å². The smallest absolute Gasteiger partial charge is 0.265 e. The number of amides is 1. The summed E-state index contributed by atoms with van der Waals surface area (Å²) in [7, 11) is 0. The minimum absolute atomic E-state index is 0.150. The summed E-state index contributed by atoms with van der Waals surface area (Å²) in [5.74, 6) is 1.04. The molecule has 3 nitrogen and oxygen atoms in total. The van der Waals surface area contributed by atoms with Crippen molar-refractivity contribution in [1.29, 1.82) is 0 Å². The molecule has 23 heavy (non-hydrogen) atoms. The Hall–Kier alpha value is -2.29. The van der Waals surface area contributed by atoms with Crippen LogP contribution in [0.25, 0.3) is 0 Å². The van der Waals surface area contributed by atoms with Gasteiger partial charge in [0.1, 0.15) is 5.75 Å². The third kappa shape index (κ3) is 4.85. The first-order valence-electron chi connectivity index (χ1n) is 8.01. The number of hydrogen-bond donors (Lipinski definition) is 1. The van der Waals surface area contributed by atoms with Crippen LogP contribution in [0.4, 0.5) is 5.69 Å². The molecule has 0 saturated heterocycles. The van der Waals surface area contributed by atoms with Gasteiger partial charge in [0.2, 0.25) is 0 Å². The number of carbonyl (C=O) groups is 1. The van der Waals surface area contributed by atoms with E-state index in [-0.39, 0.29) is 5.91 Å². The molecule has 2 rings (SSSR count). The summed E-state index contributed by atoms with van der Waals surface area (Å²) in [6.45, 7) is 10.1. The van der Waals surface area contributed by atoms with Crippen LogP contribution in [0.3, 0.4) is 0 Å². The van der Waals surface area contributed by atoms with Crippen molar-refractivity contribution in [3.8, 4) is 5.75 Å². The summed E-state index contributed by atoms with van der Waals surface area (Å²) in [6, 6.07) is 13.9. The first kappa shape index (κ1) is 17.1. The van der Waals surface area contributed by atoms with Crippen molar-refractivity contribution in [3.05, 3.63) is 59.2 Å². The lowest BCUT2D eigenvalue weighted by atomic mass is 10.0. The number of benzene rings is 2. The number of carbonyl (C=O) groups excluding carboxylic acids is 1. The molecular weight excluding hydrogens is 286 g/mol. The fraction of sp³-hybridized carbons (Fsp3) is 0.350. The quantitative estimate of drug-likeness (QED) is 0.858. The molecule has 3 heteroatoms. The van der Waals surface area contributed by atoms with Crippen molar-refractivity contribution < 1.29 is 9.53 Å². The lowest BCUT2D eigenvalue weighted by molar-refractivity contribution is -0.122. The third-order valence-corrected chi connectivity index (χ3v) is 3.72. The molecule has 0 aliphatic rings. The van der Waals surface area contributed by atoms with E-state index in [4.69, 9.17) is 4.74 Å². The van der Waals surface area contributed by atoms with Crippen LogP contribution in [0.15, 0.2) is 42.5 Å². The molecule has 0 heterocycles. The highest BCUT2D eigenvalue weighted by molar-refractivity contribution is 5.94. The van der Waals surface area contributed by atoms with E-state index in [9.17, 15) is 4.79 Å². The Labute approximate surface area is 138 Å². The van der Waals surface area contributed by atoms with Gasteiger partial charge in [0.05, 0.1) is 0 Å². The zero-order valence-corrected chi connectivity index (χ0v) is 14.5. The number of nitrogens with one attached hydrogen (secondary N) is 1. The molecule has 2 aromatic carbocycles. The van der Waals surface area contributed by atoms with Gasteiger partial charge < -0.3 is 10.1 Å². The zero-order chi connectivity index (χ0) is 17.0. The summed E-state index contributed by atoms with van der Waals surface area (Å²) >= 11 is 0. The van der Waals surface area contributed by atoms with Crippen molar-refractivity contribution in [3.63, 3.8) is 0 Å². The van der Waals surface area contributed by atoms with Crippen LogP contribution < -0.4 is 10.1 Å². The maximum Gasteiger partial charge on any atom is 0.265 e. The molecule has 0 radical (unpaired) electrons. The van der Waals surface area contributed by atoms with Gasteiger partial charge in [-0.1, -0.05) is 32.0 Å². The van der Waals surface area contributed by atoms with Crippen molar-refractivity contribution in [1.82, 2.24) is 0 Å². The highest BCUT2D eigenvalue weighted by Gasteiger charge is 2.15. The summed E-state index contributed by atoms with van der Waals surface area (Å²) in [4.78, 5) is 12.3. The number of rotatable bonds is 5. The SMILES string of the molecule is Cc1cc(C)cc(NC(=O)C(C)Oc2ccc(C(C)C)cc2)c1. The van der Waals surface area contributed by atoms with E-state index in [0.717, 1.165) is 16.8 Å². The Bertz CT molecular complexity index is 654. The summed E-state index contributed by atoms with van der Waals surface area (Å²) < 4.78 is 5.73. The number of hydrogen-bond acceptors (Lipinski definition) is 2. The largest absolute Gasteiger partial charge is 0.481 e. The highest BCUT2D eigenvalue weighted by Crippen LogP contribution is 2.20. The van der Waals surface area contributed by atoms with Crippen LogP contribution in [0, 0.1) is 13.8 Å². The second-order valence-electron chi connectivity index (χ2n) is 6.35. The van der Waals surface area contributed by atoms with Gasteiger partial charge in [0.25, 0.3) is 5.91 Å². The number of ether oxygens (including phenoxy) is 1. The summed E-state index contributed by atoms with van der Waals surface area (Å²) in [5, 5.41) is 2.91. The van der Waals surface area contributed by atoms with E-state index in [0.29, 0.717) is 11.7 Å². The molecule has 1 N–H and O–H groups in total. The minimum atomic E-state index is -0.555. The maximum atomic E-state index is 12.3. The lowest BCUT2D eigenvalue weighted by Gasteiger charge is -2.16. The molecule has 1 amide bonds. The fourth-order valence-corrected chi connectivity index (χ4v) is 2.48. The minimum Gasteiger partial charge on any atom is -0.481 e. The summed E-state index contributed by atoms with van der Waals surface area (Å²) in [5.41, 5.74) is 4.30. The Morgan fingerprint density at radius 3 is 2.04 bits per heavy atom. The van der Waals surface area contributed by atoms with Gasteiger partial charge in [0, 0.05) is 5.69 Å². The molecule has 122 valence electrons. The van der Waals surface area contributed by atoms with Gasteiger partial charge in [-0.2, -0.15) is 0 Å². The van der Waals surface area contributed by atoms with Gasteiger partial charge in [-0.15, -0.1) is 0 Å². The van der Waals surface area contributed by atoms with Crippen LogP contribution in [0.2, 0.25) is 0 Å². The Kier molecular flexibility index (Phi) is 5.43. The first-order valence-corrected chi connectivity index (χ1v) is 8.01. The molecule has 1 atom stereocenters. The van der Waals surface area contributed by atoms with Crippen LogP contribution in [-0.2, 0) is 4.79 Å². The van der Waals surface area contributed by atoms with Crippen molar-refractivity contribution in [2.45, 2.75) is 46.6 Å². The van der Waals surface area contributed by atoms with Crippen LogP contribution in [0.5, 0.6) is 5.75 Å². The third-order valence-electron chi connectivity index (χ3n) is 3.72. The number of anilines is 1. The topological polar surface area (TPSA) is 38.3 Å². The van der Waals surface area contributed by atoms with E-state index in [2.05, 4.69) is 25.2 Å². The molecule has 2 aromatic rings. The Balaban J connectivity index is 1.99. The predicted molar refractivity (Wildman–Crippen MR) is 95.2 cm³/mol. The van der Waals surface area contributed by atoms with E-state index in [1.807, 2.05) is 50.2 Å². The van der Waals surface area contributed by atoms with Crippen LogP contribution >= 0.6 is 0 Å². The monoisotopic (exact) mass is 311 g/mol. The van der Waals surface area contributed by atoms with Crippen molar-refractivity contribution in [2.75, 3.05) is 5.32 Å². The fourth-order valence-electron chi connectivity index (χ4n) is 2.48. The second-order valence-corrected chi connectivity index (χ2v) is 6.35. The molecule has 0 aliphatic carbocycles. The number of aryl methyl sites for hydroxylation is 2. The van der Waals surface area contributed by atoms with E-state index in [1.165, 1.54) is 5.56 Å². The van der Waals surface area contributed by atoms with Gasteiger partial charge in [-0.25, -0.2) is 0 Å². The van der Waals surface area contributed by atoms with E-state index >= 15 is 0 Å². The normalized spacial score (nSPS) is 12.1. The molecule has 0 aromatic heterocycles. The summed E-state index contributed by atoms with van der Waals surface area (Å²) in [6.07, 6.45) is -0.555. The Morgan fingerprint density at radius 1 is 0.957 bits per heavy atom. The maximum absolute atomic E-state index is 12.3. The van der Waals surface area contributed by atoms with Gasteiger partial charge >= 0.3 is 0 Å². The van der Waals surface area contributed by atoms with Crippen molar-refractivity contribution >= 4 is 11.6 Å².